The Morgan fingerprint density at radius 1 is 0.250 bits per heavy atom. The second-order valence-corrected chi connectivity index (χ2v) is 9.46. The topological polar surface area (TPSA) is 40.5 Å². The fourth-order valence-electron chi connectivity index (χ4n) is 1.15. The van der Waals surface area contributed by atoms with Crippen LogP contribution in [0, 0.1) is 10.8 Å². The third-order valence-corrected chi connectivity index (χ3v) is 2.00. The number of aliphatic hydroxyl groups is 2. The van der Waals surface area contributed by atoms with E-state index >= 15 is 0 Å². The summed E-state index contributed by atoms with van der Waals surface area (Å²) in [6.07, 6.45) is 0. The van der Waals surface area contributed by atoms with Crippen LogP contribution in [0.3, 0.4) is 0 Å². The van der Waals surface area contributed by atoms with E-state index in [2.05, 4.69) is 55.4 Å². The summed E-state index contributed by atoms with van der Waals surface area (Å²) >= 11 is 0. The standard InChI is InChI=1S/3C6H6.2C5H12.2CH4O/c3*1-2-4-6-5-3-1;2*1-5(2,3)4;2*1-2/h3*1-6H;2*1-4H3;2*2H,1H3. The molecule has 0 fully saturated rings. The second kappa shape index (κ2) is 28.6. The minimum absolute atomic E-state index is 0.500. The summed E-state index contributed by atoms with van der Waals surface area (Å²) in [4.78, 5) is 0. The van der Waals surface area contributed by atoms with Crippen molar-refractivity contribution in [1.82, 2.24) is 0 Å². The molecular weight excluding hydrogens is 392 g/mol. The molecule has 0 amide bonds. The Morgan fingerprint density at radius 3 is 0.312 bits per heavy atom. The third-order valence-electron chi connectivity index (χ3n) is 2.00. The molecule has 0 spiro atoms. The van der Waals surface area contributed by atoms with Gasteiger partial charge in [0, 0.05) is 14.2 Å². The van der Waals surface area contributed by atoms with E-state index in [9.17, 15) is 0 Å². The van der Waals surface area contributed by atoms with Crippen molar-refractivity contribution in [3.63, 3.8) is 0 Å². The summed E-state index contributed by atoms with van der Waals surface area (Å²) in [5.74, 6) is 0. The highest BCUT2D eigenvalue weighted by atomic mass is 16.2. The van der Waals surface area contributed by atoms with Crippen molar-refractivity contribution in [3.05, 3.63) is 109 Å². The first-order valence-corrected chi connectivity index (χ1v) is 10.9. The van der Waals surface area contributed by atoms with E-state index in [0.29, 0.717) is 10.8 Å². The smallest absolute Gasteiger partial charge is 0.0319 e. The lowest BCUT2D eigenvalue weighted by Crippen LogP contribution is -1.93. The van der Waals surface area contributed by atoms with Crippen molar-refractivity contribution in [2.24, 2.45) is 10.8 Å². The minimum atomic E-state index is 0.500. The van der Waals surface area contributed by atoms with Crippen LogP contribution in [-0.4, -0.2) is 24.4 Å². The van der Waals surface area contributed by atoms with E-state index in [1.54, 1.807) is 0 Å². The lowest BCUT2D eigenvalue weighted by Gasteiger charge is -2.05. The first-order chi connectivity index (χ1) is 15.0. The van der Waals surface area contributed by atoms with Crippen molar-refractivity contribution in [1.29, 1.82) is 0 Å². The molecular formula is C30H50O2. The molecule has 3 aromatic rings. The van der Waals surface area contributed by atoms with Gasteiger partial charge in [0.2, 0.25) is 0 Å². The molecule has 0 heterocycles. The highest BCUT2D eigenvalue weighted by Gasteiger charge is 1.96. The van der Waals surface area contributed by atoms with E-state index in [1.807, 2.05) is 109 Å². The number of aliphatic hydroxyl groups excluding tert-OH is 2. The van der Waals surface area contributed by atoms with E-state index in [0.717, 1.165) is 14.2 Å². The molecule has 0 saturated carbocycles. The van der Waals surface area contributed by atoms with Crippen LogP contribution in [0.2, 0.25) is 0 Å². The fraction of sp³-hybridized carbons (Fsp3) is 0.400. The van der Waals surface area contributed by atoms with Gasteiger partial charge >= 0.3 is 0 Å². The van der Waals surface area contributed by atoms with E-state index in [1.165, 1.54) is 0 Å². The van der Waals surface area contributed by atoms with Gasteiger partial charge in [0.15, 0.2) is 0 Å². The second-order valence-electron chi connectivity index (χ2n) is 9.46. The Labute approximate surface area is 200 Å². The monoisotopic (exact) mass is 442 g/mol. The molecule has 0 aliphatic carbocycles. The normalized spacial score (nSPS) is 8.62. The molecule has 2 N–H and O–H groups in total. The summed E-state index contributed by atoms with van der Waals surface area (Å²) in [5.41, 5.74) is 1.00. The molecule has 0 aliphatic rings. The van der Waals surface area contributed by atoms with Crippen molar-refractivity contribution in [2.75, 3.05) is 14.2 Å². The van der Waals surface area contributed by atoms with Gasteiger partial charge in [-0.05, 0) is 10.8 Å². The van der Waals surface area contributed by atoms with Crippen molar-refractivity contribution >= 4 is 0 Å². The number of benzene rings is 3. The van der Waals surface area contributed by atoms with Gasteiger partial charge in [0.05, 0.1) is 0 Å². The Kier molecular flexibility index (Phi) is 33.0. The van der Waals surface area contributed by atoms with Crippen LogP contribution >= 0.6 is 0 Å². The summed E-state index contributed by atoms with van der Waals surface area (Å²) in [7, 11) is 2.00. The zero-order chi connectivity index (χ0) is 25.7. The lowest BCUT2D eigenvalue weighted by molar-refractivity contribution is 0.399. The molecule has 0 radical (unpaired) electrons. The Morgan fingerprint density at radius 2 is 0.281 bits per heavy atom. The molecule has 0 aliphatic heterocycles. The third kappa shape index (κ3) is 80.3. The van der Waals surface area contributed by atoms with Gasteiger partial charge in [-0.15, -0.1) is 0 Å². The average Bonchev–Trinajstić information content (AvgIpc) is 2.79. The van der Waals surface area contributed by atoms with E-state index in [-0.39, 0.29) is 0 Å². The molecule has 2 heteroatoms. The summed E-state index contributed by atoms with van der Waals surface area (Å²) in [5, 5.41) is 14.0. The molecule has 2 nitrogen and oxygen atoms in total. The summed E-state index contributed by atoms with van der Waals surface area (Å²) in [6, 6.07) is 36.0. The van der Waals surface area contributed by atoms with Gasteiger partial charge in [0.25, 0.3) is 0 Å². The molecule has 32 heavy (non-hydrogen) atoms. The zero-order valence-electron chi connectivity index (χ0n) is 22.3. The number of hydrogen-bond donors (Lipinski definition) is 2. The first-order valence-electron chi connectivity index (χ1n) is 10.9. The Hall–Kier alpha value is -2.42. The maximum atomic E-state index is 7.00. The van der Waals surface area contributed by atoms with Crippen LogP contribution in [0.4, 0.5) is 0 Å². The van der Waals surface area contributed by atoms with Crippen LogP contribution in [0.15, 0.2) is 109 Å². The fourth-order valence-corrected chi connectivity index (χ4v) is 1.15. The average molecular weight is 443 g/mol. The van der Waals surface area contributed by atoms with Gasteiger partial charge in [-0.1, -0.05) is 165 Å². The molecule has 0 aromatic heterocycles. The van der Waals surface area contributed by atoms with Crippen molar-refractivity contribution < 1.29 is 10.2 Å². The van der Waals surface area contributed by atoms with Crippen LogP contribution in [-0.2, 0) is 0 Å². The highest BCUT2D eigenvalue weighted by molar-refractivity contribution is 5.00. The zero-order valence-corrected chi connectivity index (χ0v) is 22.3. The Balaban J connectivity index is -0.000000148. The summed E-state index contributed by atoms with van der Waals surface area (Å²) in [6.45, 7) is 17.5. The molecule has 0 saturated heterocycles. The van der Waals surface area contributed by atoms with Crippen LogP contribution in [0.1, 0.15) is 55.4 Å². The van der Waals surface area contributed by atoms with Crippen LogP contribution < -0.4 is 0 Å². The summed E-state index contributed by atoms with van der Waals surface area (Å²) < 4.78 is 0. The molecule has 182 valence electrons. The Bertz CT molecular complexity index is 431. The van der Waals surface area contributed by atoms with Gasteiger partial charge in [0.1, 0.15) is 0 Å². The highest BCUT2D eigenvalue weighted by Crippen LogP contribution is 2.08. The van der Waals surface area contributed by atoms with Crippen molar-refractivity contribution in [2.45, 2.75) is 55.4 Å². The maximum absolute atomic E-state index is 7.00. The van der Waals surface area contributed by atoms with Gasteiger partial charge in [-0.25, -0.2) is 0 Å². The molecule has 3 aromatic carbocycles. The van der Waals surface area contributed by atoms with Crippen molar-refractivity contribution in [3.8, 4) is 0 Å². The van der Waals surface area contributed by atoms with Crippen LogP contribution in [0.5, 0.6) is 0 Å². The van der Waals surface area contributed by atoms with E-state index < -0.39 is 0 Å². The molecule has 0 bridgehead atoms. The predicted octanol–water partition coefficient (Wildman–Crippen LogP) is 8.38. The van der Waals surface area contributed by atoms with Gasteiger partial charge in [-0.3, -0.25) is 0 Å². The largest absolute Gasteiger partial charge is 0.400 e. The molecule has 0 atom stereocenters. The maximum Gasteiger partial charge on any atom is 0.0319 e. The molecule has 0 unspecified atom stereocenters. The van der Waals surface area contributed by atoms with Gasteiger partial charge < -0.3 is 10.2 Å². The van der Waals surface area contributed by atoms with Crippen LogP contribution in [0.25, 0.3) is 0 Å². The minimum Gasteiger partial charge on any atom is -0.400 e. The van der Waals surface area contributed by atoms with Gasteiger partial charge in [-0.2, -0.15) is 0 Å². The predicted molar refractivity (Wildman–Crippen MR) is 146 cm³/mol. The quantitative estimate of drug-likeness (QED) is 0.367. The lowest BCUT2D eigenvalue weighted by atomic mass is 10.0. The first kappa shape index (κ1) is 36.9. The number of hydrogen-bond acceptors (Lipinski definition) is 2. The number of rotatable bonds is 0. The van der Waals surface area contributed by atoms with E-state index in [4.69, 9.17) is 10.2 Å². The molecule has 3 rings (SSSR count). The SMILES string of the molecule is CC(C)(C)C.CC(C)(C)C.CO.CO.c1ccccc1.c1ccccc1.c1ccccc1.